The second kappa shape index (κ2) is 9.37. The average Bonchev–Trinajstić information content (AvgIpc) is 2.44. The first kappa shape index (κ1) is 17.5. The number of ether oxygens (including phenoxy) is 1. The van der Waals surface area contributed by atoms with E-state index in [4.69, 9.17) is 4.74 Å². The van der Waals surface area contributed by atoms with E-state index in [1.807, 2.05) is 45.0 Å². The van der Waals surface area contributed by atoms with Gasteiger partial charge in [0.15, 0.2) is 0 Å². The van der Waals surface area contributed by atoms with Crippen LogP contribution in [0.3, 0.4) is 0 Å². The van der Waals surface area contributed by atoms with E-state index in [0.717, 1.165) is 17.5 Å². The fraction of sp³-hybridized carbons (Fsp3) is 0.562. The van der Waals surface area contributed by atoms with Gasteiger partial charge in [-0.15, -0.1) is 0 Å². The zero-order valence-electron chi connectivity index (χ0n) is 13.1. The number of hydrogen-bond donors (Lipinski definition) is 3. The van der Waals surface area contributed by atoms with Gasteiger partial charge in [-0.1, -0.05) is 24.3 Å². The van der Waals surface area contributed by atoms with Gasteiger partial charge in [0.2, 0.25) is 0 Å². The van der Waals surface area contributed by atoms with Crippen molar-refractivity contribution in [1.82, 2.24) is 10.6 Å². The van der Waals surface area contributed by atoms with Gasteiger partial charge in [-0.3, -0.25) is 0 Å². The van der Waals surface area contributed by atoms with Crippen molar-refractivity contribution < 1.29 is 14.6 Å². The molecular formula is C16H26N2O3. The monoisotopic (exact) mass is 294 g/mol. The molecule has 0 aliphatic rings. The Balaban J connectivity index is 2.19. The highest BCUT2D eigenvalue weighted by atomic mass is 16.5. The average molecular weight is 294 g/mol. The van der Waals surface area contributed by atoms with Crippen LogP contribution >= 0.6 is 0 Å². The molecule has 0 aromatic heterocycles. The summed E-state index contributed by atoms with van der Waals surface area (Å²) in [4.78, 5) is 11.6. The predicted molar refractivity (Wildman–Crippen MR) is 83.2 cm³/mol. The first-order valence-corrected chi connectivity index (χ1v) is 7.37. The van der Waals surface area contributed by atoms with Crippen molar-refractivity contribution in [2.24, 2.45) is 0 Å². The van der Waals surface area contributed by atoms with Crippen LogP contribution in [0.15, 0.2) is 24.3 Å². The zero-order chi connectivity index (χ0) is 15.7. The van der Waals surface area contributed by atoms with Crippen LogP contribution in [-0.4, -0.2) is 36.9 Å². The Labute approximate surface area is 126 Å². The molecular weight excluding hydrogens is 268 g/mol. The predicted octanol–water partition coefficient (Wildman–Crippen LogP) is 2.14. The molecule has 1 aromatic carbocycles. The molecule has 1 unspecified atom stereocenters. The summed E-state index contributed by atoms with van der Waals surface area (Å²) >= 11 is 0. The molecule has 2 amide bonds. The van der Waals surface area contributed by atoms with Gasteiger partial charge in [-0.25, -0.2) is 4.79 Å². The molecule has 0 spiro atoms. The molecule has 0 bridgehead atoms. The molecule has 0 heterocycles. The Kier molecular flexibility index (Phi) is 7.79. The largest absolute Gasteiger partial charge is 0.387 e. The van der Waals surface area contributed by atoms with Gasteiger partial charge >= 0.3 is 6.03 Å². The van der Waals surface area contributed by atoms with Crippen LogP contribution < -0.4 is 10.6 Å². The number of carbonyl (C=O) groups excluding carboxylic acids is 1. The van der Waals surface area contributed by atoms with Gasteiger partial charge in [0.05, 0.1) is 12.2 Å². The molecule has 0 saturated heterocycles. The van der Waals surface area contributed by atoms with E-state index < -0.39 is 6.10 Å². The lowest BCUT2D eigenvalue weighted by molar-refractivity contribution is 0.0773. The molecule has 21 heavy (non-hydrogen) atoms. The Morgan fingerprint density at radius 1 is 1.29 bits per heavy atom. The summed E-state index contributed by atoms with van der Waals surface area (Å²) < 4.78 is 5.38. The van der Waals surface area contributed by atoms with Crippen molar-refractivity contribution in [3.05, 3.63) is 35.4 Å². The highest BCUT2D eigenvalue weighted by molar-refractivity contribution is 5.73. The fourth-order valence-electron chi connectivity index (χ4n) is 1.92. The van der Waals surface area contributed by atoms with Crippen LogP contribution in [-0.2, 0) is 4.74 Å². The number of benzene rings is 1. The third-order valence-electron chi connectivity index (χ3n) is 3.06. The van der Waals surface area contributed by atoms with E-state index >= 15 is 0 Å². The highest BCUT2D eigenvalue weighted by Crippen LogP contribution is 2.15. The Morgan fingerprint density at radius 2 is 2.00 bits per heavy atom. The van der Waals surface area contributed by atoms with Crippen molar-refractivity contribution in [3.8, 4) is 0 Å². The molecule has 1 atom stereocenters. The SMILES string of the molecule is Cc1ccccc1C(O)CNC(=O)NCCCOC(C)C. The van der Waals surface area contributed by atoms with Crippen LogP contribution in [0.2, 0.25) is 0 Å². The van der Waals surface area contributed by atoms with Crippen molar-refractivity contribution in [3.63, 3.8) is 0 Å². The van der Waals surface area contributed by atoms with Gasteiger partial charge in [0.25, 0.3) is 0 Å². The maximum absolute atomic E-state index is 11.6. The van der Waals surface area contributed by atoms with E-state index in [-0.39, 0.29) is 18.7 Å². The second-order valence-corrected chi connectivity index (χ2v) is 5.28. The summed E-state index contributed by atoms with van der Waals surface area (Å²) in [6.45, 7) is 7.27. The van der Waals surface area contributed by atoms with E-state index in [9.17, 15) is 9.90 Å². The molecule has 3 N–H and O–H groups in total. The van der Waals surface area contributed by atoms with Crippen LogP contribution in [0.1, 0.15) is 37.5 Å². The van der Waals surface area contributed by atoms with E-state index in [0.29, 0.717) is 13.2 Å². The van der Waals surface area contributed by atoms with Crippen LogP contribution in [0.4, 0.5) is 4.79 Å². The fourth-order valence-corrected chi connectivity index (χ4v) is 1.92. The minimum atomic E-state index is -0.693. The standard InChI is InChI=1S/C16H26N2O3/c1-12(2)21-10-6-9-17-16(20)18-11-15(19)14-8-5-4-7-13(14)3/h4-5,7-8,12,15,19H,6,9-11H2,1-3H3,(H2,17,18,20). The number of aliphatic hydroxyl groups excluding tert-OH is 1. The van der Waals surface area contributed by atoms with Crippen molar-refractivity contribution in [2.75, 3.05) is 19.7 Å². The first-order chi connectivity index (χ1) is 10.0. The molecule has 5 heteroatoms. The number of aliphatic hydroxyl groups is 1. The third-order valence-corrected chi connectivity index (χ3v) is 3.06. The zero-order valence-corrected chi connectivity index (χ0v) is 13.1. The molecule has 1 rings (SSSR count). The molecule has 0 saturated carbocycles. The van der Waals surface area contributed by atoms with Gasteiger partial charge < -0.3 is 20.5 Å². The summed E-state index contributed by atoms with van der Waals surface area (Å²) in [6.07, 6.45) is 0.288. The lowest BCUT2D eigenvalue weighted by Gasteiger charge is -2.15. The minimum absolute atomic E-state index is 0.194. The van der Waals surface area contributed by atoms with Crippen LogP contribution in [0.25, 0.3) is 0 Å². The summed E-state index contributed by atoms with van der Waals surface area (Å²) in [6, 6.07) is 7.33. The first-order valence-electron chi connectivity index (χ1n) is 7.37. The van der Waals surface area contributed by atoms with Crippen LogP contribution in [0.5, 0.6) is 0 Å². The maximum Gasteiger partial charge on any atom is 0.314 e. The molecule has 118 valence electrons. The molecule has 0 aliphatic carbocycles. The summed E-state index contributed by atoms with van der Waals surface area (Å²) in [5.41, 5.74) is 1.85. The Bertz CT molecular complexity index is 435. The minimum Gasteiger partial charge on any atom is -0.387 e. The lowest BCUT2D eigenvalue weighted by Crippen LogP contribution is -2.38. The van der Waals surface area contributed by atoms with Crippen LogP contribution in [0, 0.1) is 6.92 Å². The number of urea groups is 1. The van der Waals surface area contributed by atoms with Crippen molar-refractivity contribution >= 4 is 6.03 Å². The number of hydrogen-bond acceptors (Lipinski definition) is 3. The molecule has 1 aromatic rings. The highest BCUT2D eigenvalue weighted by Gasteiger charge is 2.10. The quantitative estimate of drug-likeness (QED) is 0.643. The Hall–Kier alpha value is -1.59. The van der Waals surface area contributed by atoms with Gasteiger partial charge in [0, 0.05) is 19.7 Å². The topological polar surface area (TPSA) is 70.6 Å². The van der Waals surface area contributed by atoms with Gasteiger partial charge in [-0.2, -0.15) is 0 Å². The van der Waals surface area contributed by atoms with E-state index in [1.54, 1.807) is 0 Å². The number of amides is 2. The smallest absolute Gasteiger partial charge is 0.314 e. The number of carbonyl (C=O) groups is 1. The maximum atomic E-state index is 11.6. The summed E-state index contributed by atoms with van der Waals surface area (Å²) in [7, 11) is 0. The molecule has 5 nitrogen and oxygen atoms in total. The molecule has 0 fully saturated rings. The van der Waals surface area contributed by atoms with Gasteiger partial charge in [-0.05, 0) is 38.3 Å². The number of nitrogens with one attached hydrogen (secondary N) is 2. The summed E-state index contributed by atoms with van der Waals surface area (Å²) in [5.74, 6) is 0. The molecule has 0 radical (unpaired) electrons. The van der Waals surface area contributed by atoms with E-state index in [1.165, 1.54) is 0 Å². The lowest BCUT2D eigenvalue weighted by atomic mass is 10.0. The normalized spacial score (nSPS) is 12.2. The third kappa shape index (κ3) is 7.11. The van der Waals surface area contributed by atoms with Crippen molar-refractivity contribution in [2.45, 2.75) is 39.4 Å². The van der Waals surface area contributed by atoms with Gasteiger partial charge in [0.1, 0.15) is 0 Å². The number of aryl methyl sites for hydroxylation is 1. The van der Waals surface area contributed by atoms with Crippen molar-refractivity contribution in [1.29, 1.82) is 0 Å². The second-order valence-electron chi connectivity index (χ2n) is 5.28. The Morgan fingerprint density at radius 3 is 2.67 bits per heavy atom. The molecule has 0 aliphatic heterocycles. The van der Waals surface area contributed by atoms with E-state index in [2.05, 4.69) is 10.6 Å². The number of rotatable bonds is 8. The summed E-state index contributed by atoms with van der Waals surface area (Å²) in [5, 5.41) is 15.5.